The fourth-order valence-corrected chi connectivity index (χ4v) is 1.70. The summed E-state index contributed by atoms with van der Waals surface area (Å²) in [6.07, 6.45) is 4.35. The van der Waals surface area contributed by atoms with E-state index in [-0.39, 0.29) is 6.61 Å². The molecule has 0 spiro atoms. The number of hydrogen-bond acceptors (Lipinski definition) is 3. The third-order valence-electron chi connectivity index (χ3n) is 2.46. The maximum Gasteiger partial charge on any atom is 0.113 e. The highest BCUT2D eigenvalue weighted by atomic mass is 16.3. The van der Waals surface area contributed by atoms with Crippen molar-refractivity contribution in [2.75, 3.05) is 12.3 Å². The van der Waals surface area contributed by atoms with Crippen molar-refractivity contribution >= 4 is 5.69 Å². The summed E-state index contributed by atoms with van der Waals surface area (Å²) in [7, 11) is 0. The number of aliphatic hydroxyl groups is 1. The van der Waals surface area contributed by atoms with Crippen molar-refractivity contribution in [3.05, 3.63) is 48.0 Å². The van der Waals surface area contributed by atoms with Crippen molar-refractivity contribution in [2.24, 2.45) is 0 Å². The van der Waals surface area contributed by atoms with Gasteiger partial charge >= 0.3 is 0 Å². The third kappa shape index (κ3) is 2.41. The highest BCUT2D eigenvalue weighted by molar-refractivity contribution is 5.41. The van der Waals surface area contributed by atoms with Crippen molar-refractivity contribution in [3.8, 4) is 0 Å². The van der Waals surface area contributed by atoms with E-state index in [1.54, 1.807) is 6.20 Å². The SMILES string of the molecule is Nc1cccc(Cc2nccn2CCO)c1. The lowest BCUT2D eigenvalue weighted by Gasteiger charge is -2.06. The Bertz CT molecular complexity index is 465. The second-order valence-electron chi connectivity index (χ2n) is 3.68. The Kier molecular flexibility index (Phi) is 3.22. The van der Waals surface area contributed by atoms with Gasteiger partial charge in [0, 0.05) is 31.0 Å². The molecule has 0 bridgehead atoms. The van der Waals surface area contributed by atoms with E-state index >= 15 is 0 Å². The van der Waals surface area contributed by atoms with Crippen LogP contribution in [0.2, 0.25) is 0 Å². The first-order valence-corrected chi connectivity index (χ1v) is 5.25. The molecule has 16 heavy (non-hydrogen) atoms. The van der Waals surface area contributed by atoms with Gasteiger partial charge in [0.15, 0.2) is 0 Å². The molecule has 2 aromatic rings. The lowest BCUT2D eigenvalue weighted by molar-refractivity contribution is 0.274. The van der Waals surface area contributed by atoms with Crippen molar-refractivity contribution in [1.82, 2.24) is 9.55 Å². The van der Waals surface area contributed by atoms with Gasteiger partial charge in [-0.1, -0.05) is 12.1 Å². The molecular weight excluding hydrogens is 202 g/mol. The summed E-state index contributed by atoms with van der Waals surface area (Å²) in [5, 5.41) is 8.90. The summed E-state index contributed by atoms with van der Waals surface area (Å²) >= 11 is 0. The number of benzene rings is 1. The molecule has 0 radical (unpaired) electrons. The van der Waals surface area contributed by atoms with Crippen LogP contribution in [0.15, 0.2) is 36.7 Å². The molecule has 0 aliphatic rings. The Morgan fingerprint density at radius 1 is 1.38 bits per heavy atom. The fourth-order valence-electron chi connectivity index (χ4n) is 1.70. The van der Waals surface area contributed by atoms with E-state index in [2.05, 4.69) is 4.98 Å². The second kappa shape index (κ2) is 4.81. The molecule has 1 aromatic carbocycles. The molecule has 4 nitrogen and oxygen atoms in total. The molecule has 4 heteroatoms. The minimum Gasteiger partial charge on any atom is -0.399 e. The van der Waals surface area contributed by atoms with E-state index in [1.165, 1.54) is 0 Å². The largest absolute Gasteiger partial charge is 0.399 e. The number of imidazole rings is 1. The summed E-state index contributed by atoms with van der Waals surface area (Å²) in [5.74, 6) is 0.944. The van der Waals surface area contributed by atoms with Crippen LogP contribution in [0.5, 0.6) is 0 Å². The van der Waals surface area contributed by atoms with Crippen molar-refractivity contribution < 1.29 is 5.11 Å². The third-order valence-corrected chi connectivity index (χ3v) is 2.46. The first-order valence-electron chi connectivity index (χ1n) is 5.25. The van der Waals surface area contributed by atoms with E-state index in [1.807, 2.05) is 35.0 Å². The first-order chi connectivity index (χ1) is 7.79. The highest BCUT2D eigenvalue weighted by Crippen LogP contribution is 2.11. The Labute approximate surface area is 94.4 Å². The van der Waals surface area contributed by atoms with Crippen molar-refractivity contribution in [3.63, 3.8) is 0 Å². The van der Waals surface area contributed by atoms with Gasteiger partial charge in [-0.05, 0) is 17.7 Å². The van der Waals surface area contributed by atoms with Crippen LogP contribution in [0, 0.1) is 0 Å². The summed E-state index contributed by atoms with van der Waals surface area (Å²) in [6, 6.07) is 7.76. The summed E-state index contributed by atoms with van der Waals surface area (Å²) in [5.41, 5.74) is 7.61. The average molecular weight is 217 g/mol. The monoisotopic (exact) mass is 217 g/mol. The standard InChI is InChI=1S/C12H15N3O/c13-11-3-1-2-10(8-11)9-12-14-4-5-15(12)6-7-16/h1-5,8,16H,6-7,9,13H2. The van der Waals surface area contributed by atoms with Crippen LogP contribution in [0.25, 0.3) is 0 Å². The molecule has 0 amide bonds. The topological polar surface area (TPSA) is 64.1 Å². The second-order valence-corrected chi connectivity index (χ2v) is 3.68. The Balaban J connectivity index is 2.17. The maximum absolute atomic E-state index is 8.90. The summed E-state index contributed by atoms with van der Waals surface area (Å²) < 4.78 is 1.95. The Morgan fingerprint density at radius 2 is 2.25 bits per heavy atom. The molecular formula is C12H15N3O. The highest BCUT2D eigenvalue weighted by Gasteiger charge is 2.03. The molecule has 1 heterocycles. The van der Waals surface area contributed by atoms with Crippen LogP contribution in [0.1, 0.15) is 11.4 Å². The number of anilines is 1. The van der Waals surface area contributed by atoms with Crippen LogP contribution >= 0.6 is 0 Å². The zero-order chi connectivity index (χ0) is 11.4. The Hall–Kier alpha value is -1.81. The van der Waals surface area contributed by atoms with Gasteiger partial charge in [-0.3, -0.25) is 0 Å². The molecule has 84 valence electrons. The zero-order valence-corrected chi connectivity index (χ0v) is 9.00. The minimum absolute atomic E-state index is 0.125. The predicted octanol–water partition coefficient (Wildman–Crippen LogP) is 1.05. The van der Waals surface area contributed by atoms with E-state index in [4.69, 9.17) is 10.8 Å². The van der Waals surface area contributed by atoms with E-state index in [9.17, 15) is 0 Å². The van der Waals surface area contributed by atoms with E-state index in [0.29, 0.717) is 6.54 Å². The Morgan fingerprint density at radius 3 is 3.00 bits per heavy atom. The molecule has 0 saturated carbocycles. The number of rotatable bonds is 4. The van der Waals surface area contributed by atoms with Gasteiger partial charge in [-0.25, -0.2) is 4.98 Å². The number of nitrogens with two attached hydrogens (primary N) is 1. The molecule has 0 aliphatic heterocycles. The fraction of sp³-hybridized carbons (Fsp3) is 0.250. The van der Waals surface area contributed by atoms with Crippen LogP contribution in [-0.4, -0.2) is 21.3 Å². The van der Waals surface area contributed by atoms with E-state index < -0.39 is 0 Å². The zero-order valence-electron chi connectivity index (χ0n) is 9.00. The number of aromatic nitrogens is 2. The molecule has 0 unspecified atom stereocenters. The van der Waals surface area contributed by atoms with Crippen LogP contribution in [0.3, 0.4) is 0 Å². The van der Waals surface area contributed by atoms with Gasteiger partial charge in [0.1, 0.15) is 5.82 Å². The van der Waals surface area contributed by atoms with Crippen LogP contribution in [0.4, 0.5) is 5.69 Å². The number of nitrogens with zero attached hydrogens (tertiary/aromatic N) is 2. The van der Waals surface area contributed by atoms with Gasteiger partial charge < -0.3 is 15.4 Å². The van der Waals surface area contributed by atoms with Gasteiger partial charge in [-0.15, -0.1) is 0 Å². The summed E-state index contributed by atoms with van der Waals surface area (Å²) in [4.78, 5) is 4.27. The first kappa shape index (κ1) is 10.7. The van der Waals surface area contributed by atoms with Crippen molar-refractivity contribution in [2.45, 2.75) is 13.0 Å². The molecule has 0 aliphatic carbocycles. The van der Waals surface area contributed by atoms with Crippen LogP contribution in [-0.2, 0) is 13.0 Å². The van der Waals surface area contributed by atoms with Gasteiger partial charge in [0.05, 0.1) is 6.61 Å². The lowest BCUT2D eigenvalue weighted by atomic mass is 10.1. The van der Waals surface area contributed by atoms with E-state index in [0.717, 1.165) is 23.5 Å². The molecule has 2 rings (SSSR count). The molecule has 1 aromatic heterocycles. The summed E-state index contributed by atoms with van der Waals surface area (Å²) in [6.45, 7) is 0.706. The molecule has 0 fully saturated rings. The van der Waals surface area contributed by atoms with Gasteiger partial charge in [0.25, 0.3) is 0 Å². The number of nitrogen functional groups attached to an aromatic ring is 1. The van der Waals surface area contributed by atoms with Crippen LogP contribution < -0.4 is 5.73 Å². The smallest absolute Gasteiger partial charge is 0.113 e. The van der Waals surface area contributed by atoms with Gasteiger partial charge in [0.2, 0.25) is 0 Å². The quantitative estimate of drug-likeness (QED) is 0.752. The minimum atomic E-state index is 0.125. The lowest BCUT2D eigenvalue weighted by Crippen LogP contribution is -2.06. The molecule has 3 N–H and O–H groups in total. The maximum atomic E-state index is 8.90. The number of aliphatic hydroxyl groups excluding tert-OH is 1. The number of hydrogen-bond donors (Lipinski definition) is 2. The van der Waals surface area contributed by atoms with Gasteiger partial charge in [-0.2, -0.15) is 0 Å². The predicted molar refractivity (Wildman–Crippen MR) is 63.0 cm³/mol. The molecule has 0 atom stereocenters. The normalized spacial score (nSPS) is 10.6. The molecule has 0 saturated heterocycles. The average Bonchev–Trinajstić information content (AvgIpc) is 2.66. The van der Waals surface area contributed by atoms with Crippen molar-refractivity contribution in [1.29, 1.82) is 0 Å².